The van der Waals surface area contributed by atoms with Crippen molar-refractivity contribution in [3.63, 3.8) is 0 Å². The first-order valence-corrected chi connectivity index (χ1v) is 11.1. The molecule has 0 radical (unpaired) electrons. The molecule has 2 aromatic rings. The lowest BCUT2D eigenvalue weighted by Gasteiger charge is -2.32. The number of hydrogen-bond donors (Lipinski definition) is 0. The van der Waals surface area contributed by atoms with Gasteiger partial charge in [0.05, 0.1) is 13.5 Å². The second kappa shape index (κ2) is 11.0. The maximum absolute atomic E-state index is 12.7. The molecule has 0 aliphatic carbocycles. The second-order valence-electron chi connectivity index (χ2n) is 8.66. The zero-order chi connectivity index (χ0) is 22.2. The molecule has 5 nitrogen and oxygen atoms in total. The molecule has 1 aliphatic rings. The number of nitrogens with zero attached hydrogens (tertiary/aromatic N) is 2. The Labute approximate surface area is 186 Å². The van der Waals surface area contributed by atoms with Gasteiger partial charge < -0.3 is 14.5 Å². The van der Waals surface area contributed by atoms with Crippen molar-refractivity contribution in [2.45, 2.75) is 38.5 Å². The fourth-order valence-electron chi connectivity index (χ4n) is 4.11. The molecular weight excluding hydrogens is 388 g/mol. The topological polar surface area (TPSA) is 49.9 Å². The van der Waals surface area contributed by atoms with Gasteiger partial charge in [-0.05, 0) is 60.4 Å². The Bertz CT molecular complexity index is 868. The van der Waals surface area contributed by atoms with Crippen molar-refractivity contribution < 1.29 is 14.3 Å². The molecule has 0 bridgehead atoms. The van der Waals surface area contributed by atoms with Gasteiger partial charge in [0.15, 0.2) is 0 Å². The molecule has 2 aromatic carbocycles. The van der Waals surface area contributed by atoms with E-state index in [4.69, 9.17) is 4.74 Å². The van der Waals surface area contributed by atoms with Gasteiger partial charge in [0.25, 0.3) is 0 Å². The Morgan fingerprint density at radius 2 is 1.68 bits per heavy atom. The number of rotatable bonds is 8. The molecule has 0 N–H and O–H groups in total. The summed E-state index contributed by atoms with van der Waals surface area (Å²) in [6.45, 7) is 1.66. The fraction of sp³-hybridized carbons (Fsp3) is 0.462. The number of benzene rings is 2. The van der Waals surface area contributed by atoms with E-state index in [9.17, 15) is 9.59 Å². The predicted octanol–water partition coefficient (Wildman–Crippen LogP) is 3.74. The molecule has 0 saturated carbocycles. The summed E-state index contributed by atoms with van der Waals surface area (Å²) in [6.07, 6.45) is 4.90. The molecule has 1 aliphatic heterocycles. The number of methoxy groups -OCH3 is 1. The van der Waals surface area contributed by atoms with Crippen LogP contribution in [-0.4, -0.2) is 55.9 Å². The third kappa shape index (κ3) is 6.84. The van der Waals surface area contributed by atoms with E-state index in [1.165, 1.54) is 11.1 Å². The normalized spacial score (nSPS) is 14.4. The summed E-state index contributed by atoms with van der Waals surface area (Å²) in [5.41, 5.74) is 3.54. The zero-order valence-corrected chi connectivity index (χ0v) is 19.0. The molecule has 31 heavy (non-hydrogen) atoms. The highest BCUT2D eigenvalue weighted by Gasteiger charge is 2.23. The average Bonchev–Trinajstić information content (AvgIpc) is 2.79. The zero-order valence-electron chi connectivity index (χ0n) is 19.0. The van der Waals surface area contributed by atoms with E-state index >= 15 is 0 Å². The summed E-state index contributed by atoms with van der Waals surface area (Å²) < 4.78 is 5.25. The van der Waals surface area contributed by atoms with Gasteiger partial charge in [-0.2, -0.15) is 0 Å². The predicted molar refractivity (Wildman–Crippen MR) is 123 cm³/mol. The third-order valence-corrected chi connectivity index (χ3v) is 6.13. The minimum atomic E-state index is 0.164. The van der Waals surface area contributed by atoms with Crippen LogP contribution in [0.4, 0.5) is 0 Å². The number of hydrogen-bond acceptors (Lipinski definition) is 3. The van der Waals surface area contributed by atoms with Crippen LogP contribution >= 0.6 is 0 Å². The summed E-state index contributed by atoms with van der Waals surface area (Å²) in [5, 5.41) is 0. The van der Waals surface area contributed by atoms with Crippen molar-refractivity contribution in [1.29, 1.82) is 0 Å². The van der Waals surface area contributed by atoms with Crippen molar-refractivity contribution in [3.8, 4) is 5.75 Å². The van der Waals surface area contributed by atoms with E-state index < -0.39 is 0 Å². The molecule has 166 valence electrons. The lowest BCUT2D eigenvalue weighted by atomic mass is 9.89. The minimum absolute atomic E-state index is 0.164. The summed E-state index contributed by atoms with van der Waals surface area (Å²) >= 11 is 0. The van der Waals surface area contributed by atoms with Crippen LogP contribution in [0.1, 0.15) is 36.0 Å². The second-order valence-corrected chi connectivity index (χ2v) is 8.66. The maximum Gasteiger partial charge on any atom is 0.226 e. The Morgan fingerprint density at radius 3 is 2.32 bits per heavy atom. The number of aryl methyl sites for hydroxylation is 1. The van der Waals surface area contributed by atoms with Gasteiger partial charge >= 0.3 is 0 Å². The van der Waals surface area contributed by atoms with E-state index in [1.807, 2.05) is 29.2 Å². The van der Waals surface area contributed by atoms with Crippen LogP contribution < -0.4 is 4.74 Å². The van der Waals surface area contributed by atoms with Crippen molar-refractivity contribution in [2.24, 2.45) is 5.92 Å². The summed E-state index contributed by atoms with van der Waals surface area (Å²) in [7, 11) is 5.23. The SMILES string of the molecule is COc1cccc(CC(=O)N2CCC(Cc3ccc(CCC(=O)N(C)C)cc3)CC2)c1. The highest BCUT2D eigenvalue weighted by atomic mass is 16.5. The molecule has 1 fully saturated rings. The van der Waals surface area contributed by atoms with E-state index in [1.54, 1.807) is 26.1 Å². The largest absolute Gasteiger partial charge is 0.497 e. The van der Waals surface area contributed by atoms with Crippen LogP contribution in [0.15, 0.2) is 48.5 Å². The van der Waals surface area contributed by atoms with Crippen molar-refractivity contribution in [2.75, 3.05) is 34.3 Å². The van der Waals surface area contributed by atoms with Crippen LogP contribution in [0, 0.1) is 5.92 Å². The monoisotopic (exact) mass is 422 g/mol. The molecule has 0 atom stereocenters. The van der Waals surface area contributed by atoms with Gasteiger partial charge in [0.2, 0.25) is 11.8 Å². The molecule has 0 unspecified atom stereocenters. The van der Waals surface area contributed by atoms with Crippen LogP contribution in [0.3, 0.4) is 0 Å². The van der Waals surface area contributed by atoms with E-state index in [0.29, 0.717) is 18.8 Å². The average molecular weight is 423 g/mol. The van der Waals surface area contributed by atoms with Crippen molar-refractivity contribution in [3.05, 3.63) is 65.2 Å². The van der Waals surface area contributed by atoms with E-state index in [0.717, 1.165) is 50.1 Å². The Kier molecular flexibility index (Phi) is 8.10. The molecule has 5 heteroatoms. The number of likely N-dealkylation sites (tertiary alicyclic amines) is 1. The summed E-state index contributed by atoms with van der Waals surface area (Å²) in [6, 6.07) is 16.4. The molecule has 1 saturated heterocycles. The van der Waals surface area contributed by atoms with Crippen molar-refractivity contribution in [1.82, 2.24) is 9.80 Å². The van der Waals surface area contributed by atoms with Crippen LogP contribution in [-0.2, 0) is 28.9 Å². The van der Waals surface area contributed by atoms with E-state index in [2.05, 4.69) is 24.3 Å². The molecule has 3 rings (SSSR count). The number of carbonyl (C=O) groups is 2. The molecule has 1 heterocycles. The van der Waals surface area contributed by atoms with Crippen LogP contribution in [0.25, 0.3) is 0 Å². The van der Waals surface area contributed by atoms with Crippen LogP contribution in [0.5, 0.6) is 5.75 Å². The first-order chi connectivity index (χ1) is 14.9. The first-order valence-electron chi connectivity index (χ1n) is 11.1. The van der Waals surface area contributed by atoms with Crippen molar-refractivity contribution >= 4 is 11.8 Å². The minimum Gasteiger partial charge on any atom is -0.497 e. The quantitative estimate of drug-likeness (QED) is 0.651. The van der Waals surface area contributed by atoms with Gasteiger partial charge in [0, 0.05) is 33.6 Å². The van der Waals surface area contributed by atoms with Gasteiger partial charge in [-0.15, -0.1) is 0 Å². The summed E-state index contributed by atoms with van der Waals surface area (Å²) in [4.78, 5) is 28.1. The number of ether oxygens (including phenoxy) is 1. The fourth-order valence-corrected chi connectivity index (χ4v) is 4.11. The van der Waals surface area contributed by atoms with E-state index in [-0.39, 0.29) is 11.8 Å². The van der Waals surface area contributed by atoms with Gasteiger partial charge in [0.1, 0.15) is 5.75 Å². The lowest BCUT2D eigenvalue weighted by molar-refractivity contribution is -0.132. The Balaban J connectivity index is 1.43. The molecule has 0 spiro atoms. The Morgan fingerprint density at radius 1 is 1.00 bits per heavy atom. The number of carbonyl (C=O) groups excluding carboxylic acids is 2. The number of piperidine rings is 1. The molecular formula is C26H34N2O3. The van der Waals surface area contributed by atoms with Crippen LogP contribution in [0.2, 0.25) is 0 Å². The van der Waals surface area contributed by atoms with Gasteiger partial charge in [-0.1, -0.05) is 36.4 Å². The highest BCUT2D eigenvalue weighted by molar-refractivity contribution is 5.79. The highest BCUT2D eigenvalue weighted by Crippen LogP contribution is 2.23. The molecule has 0 aromatic heterocycles. The maximum atomic E-state index is 12.7. The summed E-state index contributed by atoms with van der Waals surface area (Å²) in [5.74, 6) is 1.77. The number of amides is 2. The lowest BCUT2D eigenvalue weighted by Crippen LogP contribution is -2.39. The molecule has 2 amide bonds. The van der Waals surface area contributed by atoms with Gasteiger partial charge in [-0.25, -0.2) is 0 Å². The smallest absolute Gasteiger partial charge is 0.226 e. The third-order valence-electron chi connectivity index (χ3n) is 6.13. The Hall–Kier alpha value is -2.82. The first kappa shape index (κ1) is 22.9. The standard InChI is InChI=1S/C26H34N2O3/c1-27(2)25(29)12-11-20-7-9-21(10-8-20)17-22-13-15-28(16-14-22)26(30)19-23-5-4-6-24(18-23)31-3/h4-10,18,22H,11-17,19H2,1-3H3. The van der Waals surface area contributed by atoms with Gasteiger partial charge in [-0.3, -0.25) is 9.59 Å².